The van der Waals surface area contributed by atoms with Gasteiger partial charge in [0, 0.05) is 34.2 Å². The van der Waals surface area contributed by atoms with Gasteiger partial charge in [0.05, 0.1) is 6.20 Å². The molecule has 0 saturated carbocycles. The SMILES string of the molecule is CCCCn1nccc1NC(=O)CCSc1ccc(Br)cc1. The number of carbonyl (C=O) groups excluding carboxylic acids is 1. The van der Waals surface area contributed by atoms with Crippen molar-refractivity contribution in [3.05, 3.63) is 41.0 Å². The van der Waals surface area contributed by atoms with E-state index in [0.29, 0.717) is 6.42 Å². The Morgan fingerprint density at radius 2 is 2.09 bits per heavy atom. The minimum absolute atomic E-state index is 0.0304. The van der Waals surface area contributed by atoms with Crippen LogP contribution in [-0.4, -0.2) is 21.4 Å². The van der Waals surface area contributed by atoms with Crippen molar-refractivity contribution in [2.75, 3.05) is 11.1 Å². The predicted molar refractivity (Wildman–Crippen MR) is 95.2 cm³/mol. The molecular weight excluding hydrogens is 362 g/mol. The van der Waals surface area contributed by atoms with Crippen LogP contribution in [0.15, 0.2) is 45.9 Å². The average Bonchev–Trinajstić information content (AvgIpc) is 2.94. The third-order valence-electron chi connectivity index (χ3n) is 3.12. The van der Waals surface area contributed by atoms with E-state index in [0.717, 1.165) is 35.4 Å². The first-order chi connectivity index (χ1) is 10.7. The summed E-state index contributed by atoms with van der Waals surface area (Å²) in [5.74, 6) is 1.58. The zero-order valence-corrected chi connectivity index (χ0v) is 15.0. The van der Waals surface area contributed by atoms with Crippen LogP contribution in [0.4, 0.5) is 5.82 Å². The molecule has 1 amide bonds. The summed E-state index contributed by atoms with van der Waals surface area (Å²) in [7, 11) is 0. The number of halogens is 1. The van der Waals surface area contributed by atoms with Gasteiger partial charge in [0.25, 0.3) is 0 Å². The minimum Gasteiger partial charge on any atom is -0.311 e. The van der Waals surface area contributed by atoms with Gasteiger partial charge in [-0.3, -0.25) is 4.79 Å². The Bertz CT molecular complexity index is 598. The first kappa shape index (κ1) is 17.1. The van der Waals surface area contributed by atoms with E-state index in [2.05, 4.69) is 33.3 Å². The molecule has 2 rings (SSSR count). The Kier molecular flexibility index (Phi) is 6.99. The van der Waals surface area contributed by atoms with E-state index < -0.39 is 0 Å². The number of aromatic nitrogens is 2. The highest BCUT2D eigenvalue weighted by molar-refractivity contribution is 9.10. The highest BCUT2D eigenvalue weighted by Crippen LogP contribution is 2.21. The Hall–Kier alpha value is -1.27. The number of hydrogen-bond acceptors (Lipinski definition) is 3. The van der Waals surface area contributed by atoms with E-state index in [-0.39, 0.29) is 5.91 Å². The molecule has 0 atom stereocenters. The molecule has 0 saturated heterocycles. The molecule has 0 unspecified atom stereocenters. The molecule has 1 N–H and O–H groups in total. The van der Waals surface area contributed by atoms with Crippen LogP contribution in [0, 0.1) is 0 Å². The molecule has 0 aliphatic carbocycles. The summed E-state index contributed by atoms with van der Waals surface area (Å²) in [6.07, 6.45) is 4.38. The van der Waals surface area contributed by atoms with Gasteiger partial charge < -0.3 is 5.32 Å². The number of hydrogen-bond donors (Lipinski definition) is 1. The van der Waals surface area contributed by atoms with Crippen molar-refractivity contribution in [1.29, 1.82) is 0 Å². The van der Waals surface area contributed by atoms with Gasteiger partial charge in [-0.15, -0.1) is 11.8 Å². The summed E-state index contributed by atoms with van der Waals surface area (Å²) < 4.78 is 2.92. The zero-order valence-electron chi connectivity index (χ0n) is 12.6. The second-order valence-corrected chi connectivity index (χ2v) is 6.98. The van der Waals surface area contributed by atoms with Crippen LogP contribution in [0.25, 0.3) is 0 Å². The zero-order chi connectivity index (χ0) is 15.8. The number of unbranched alkanes of at least 4 members (excludes halogenated alkanes) is 1. The largest absolute Gasteiger partial charge is 0.311 e. The summed E-state index contributed by atoms with van der Waals surface area (Å²) in [5.41, 5.74) is 0. The molecule has 4 nitrogen and oxygen atoms in total. The molecule has 6 heteroatoms. The number of amides is 1. The molecule has 0 spiro atoms. The molecule has 0 radical (unpaired) electrons. The van der Waals surface area contributed by atoms with Crippen LogP contribution in [0.5, 0.6) is 0 Å². The number of aryl methyl sites for hydroxylation is 1. The van der Waals surface area contributed by atoms with Crippen LogP contribution >= 0.6 is 27.7 Å². The molecule has 0 aliphatic rings. The molecule has 0 fully saturated rings. The third-order valence-corrected chi connectivity index (χ3v) is 4.66. The van der Waals surface area contributed by atoms with Gasteiger partial charge in [0.2, 0.25) is 5.91 Å². The fraction of sp³-hybridized carbons (Fsp3) is 0.375. The van der Waals surface area contributed by atoms with Crippen molar-refractivity contribution in [2.45, 2.75) is 37.6 Å². The number of benzene rings is 1. The first-order valence-corrected chi connectivity index (χ1v) is 9.17. The normalized spacial score (nSPS) is 10.6. The molecule has 1 aromatic carbocycles. The topological polar surface area (TPSA) is 46.9 Å². The van der Waals surface area contributed by atoms with Gasteiger partial charge >= 0.3 is 0 Å². The highest BCUT2D eigenvalue weighted by atomic mass is 79.9. The summed E-state index contributed by atoms with van der Waals surface area (Å²) in [6, 6.07) is 9.96. The van der Waals surface area contributed by atoms with Gasteiger partial charge in [0.15, 0.2) is 0 Å². The summed E-state index contributed by atoms with van der Waals surface area (Å²) in [6.45, 7) is 2.98. The van der Waals surface area contributed by atoms with Crippen molar-refractivity contribution in [3.63, 3.8) is 0 Å². The van der Waals surface area contributed by atoms with Crippen LogP contribution in [0.2, 0.25) is 0 Å². The number of carbonyl (C=O) groups is 1. The second kappa shape index (κ2) is 9.00. The lowest BCUT2D eigenvalue weighted by Crippen LogP contribution is -2.16. The Morgan fingerprint density at radius 1 is 1.32 bits per heavy atom. The molecule has 0 aliphatic heterocycles. The van der Waals surface area contributed by atoms with Crippen molar-refractivity contribution in [1.82, 2.24) is 9.78 Å². The lowest BCUT2D eigenvalue weighted by molar-refractivity contribution is -0.115. The van der Waals surface area contributed by atoms with E-state index in [4.69, 9.17) is 0 Å². The molecule has 22 heavy (non-hydrogen) atoms. The van der Waals surface area contributed by atoms with Crippen LogP contribution in [0.1, 0.15) is 26.2 Å². The van der Waals surface area contributed by atoms with Crippen molar-refractivity contribution in [2.24, 2.45) is 0 Å². The quantitative estimate of drug-likeness (QED) is 0.681. The highest BCUT2D eigenvalue weighted by Gasteiger charge is 2.07. The number of nitrogens with zero attached hydrogens (tertiary/aromatic N) is 2. The maximum Gasteiger partial charge on any atom is 0.226 e. The molecule has 0 bridgehead atoms. The second-order valence-electron chi connectivity index (χ2n) is 4.89. The summed E-state index contributed by atoms with van der Waals surface area (Å²) in [4.78, 5) is 13.2. The van der Waals surface area contributed by atoms with E-state index in [1.54, 1.807) is 18.0 Å². The summed E-state index contributed by atoms with van der Waals surface area (Å²) >= 11 is 5.10. The van der Waals surface area contributed by atoms with E-state index in [9.17, 15) is 4.79 Å². The van der Waals surface area contributed by atoms with Crippen LogP contribution in [-0.2, 0) is 11.3 Å². The standard InChI is InChI=1S/C16H20BrN3OS/c1-2-3-11-20-15(8-10-18-20)19-16(21)9-12-22-14-6-4-13(17)5-7-14/h4-8,10H,2-3,9,11-12H2,1H3,(H,19,21). The van der Waals surface area contributed by atoms with Gasteiger partial charge in [0.1, 0.15) is 5.82 Å². The minimum atomic E-state index is 0.0304. The van der Waals surface area contributed by atoms with E-state index in [1.807, 2.05) is 35.0 Å². The summed E-state index contributed by atoms with van der Waals surface area (Å²) in [5, 5.41) is 7.17. The Labute approximate surface area is 143 Å². The lowest BCUT2D eigenvalue weighted by atomic mass is 10.3. The smallest absolute Gasteiger partial charge is 0.226 e. The van der Waals surface area contributed by atoms with Gasteiger partial charge in [-0.2, -0.15) is 5.10 Å². The number of nitrogens with one attached hydrogen (secondary N) is 1. The molecule has 118 valence electrons. The first-order valence-electron chi connectivity index (χ1n) is 7.39. The lowest BCUT2D eigenvalue weighted by Gasteiger charge is -2.08. The van der Waals surface area contributed by atoms with Crippen LogP contribution < -0.4 is 5.32 Å². The molecular formula is C16H20BrN3OS. The van der Waals surface area contributed by atoms with Gasteiger partial charge in [-0.1, -0.05) is 29.3 Å². The fourth-order valence-electron chi connectivity index (χ4n) is 1.92. The number of anilines is 1. The predicted octanol–water partition coefficient (Wildman–Crippen LogP) is 4.57. The average molecular weight is 382 g/mol. The third kappa shape index (κ3) is 5.50. The fourth-order valence-corrected chi connectivity index (χ4v) is 3.04. The van der Waals surface area contributed by atoms with Gasteiger partial charge in [-0.25, -0.2) is 4.68 Å². The Morgan fingerprint density at radius 3 is 2.82 bits per heavy atom. The maximum atomic E-state index is 12.0. The maximum absolute atomic E-state index is 12.0. The molecule has 1 aromatic heterocycles. The molecule has 1 heterocycles. The number of rotatable bonds is 8. The van der Waals surface area contributed by atoms with Crippen molar-refractivity contribution >= 4 is 39.4 Å². The molecule has 2 aromatic rings. The van der Waals surface area contributed by atoms with Gasteiger partial charge in [-0.05, 0) is 30.7 Å². The monoisotopic (exact) mass is 381 g/mol. The Balaban J connectivity index is 1.76. The van der Waals surface area contributed by atoms with Crippen molar-refractivity contribution in [3.8, 4) is 0 Å². The van der Waals surface area contributed by atoms with E-state index in [1.165, 1.54) is 4.90 Å². The van der Waals surface area contributed by atoms with E-state index >= 15 is 0 Å². The van der Waals surface area contributed by atoms with Crippen LogP contribution in [0.3, 0.4) is 0 Å². The number of thioether (sulfide) groups is 1. The van der Waals surface area contributed by atoms with Crippen molar-refractivity contribution < 1.29 is 4.79 Å².